The van der Waals surface area contributed by atoms with E-state index < -0.39 is 5.82 Å². The highest BCUT2D eigenvalue weighted by Gasteiger charge is 2.39. The second-order valence-electron chi connectivity index (χ2n) is 11.1. The predicted molar refractivity (Wildman–Crippen MR) is 155 cm³/mol. The lowest BCUT2D eigenvalue weighted by Crippen LogP contribution is -2.24. The van der Waals surface area contributed by atoms with Crippen LogP contribution in [0.15, 0.2) is 42.7 Å². The minimum absolute atomic E-state index is 0.113. The summed E-state index contributed by atoms with van der Waals surface area (Å²) >= 11 is 0. The molecule has 3 aromatic rings. The van der Waals surface area contributed by atoms with Crippen LogP contribution in [0.2, 0.25) is 0 Å². The number of methoxy groups -OCH3 is 2. The van der Waals surface area contributed by atoms with Gasteiger partial charge in [-0.1, -0.05) is 32.9 Å². The van der Waals surface area contributed by atoms with Crippen LogP contribution in [0.4, 0.5) is 4.39 Å². The lowest BCUT2D eigenvalue weighted by molar-refractivity contribution is -0.145. The van der Waals surface area contributed by atoms with Crippen LogP contribution in [-0.4, -0.2) is 48.1 Å². The summed E-state index contributed by atoms with van der Waals surface area (Å²) in [6, 6.07) is 10.1. The van der Waals surface area contributed by atoms with Crippen molar-refractivity contribution in [2.24, 2.45) is 11.8 Å². The van der Waals surface area contributed by atoms with Crippen LogP contribution in [-0.2, 0) is 22.5 Å². The number of ether oxygens (including phenoxy) is 3. The molecule has 0 amide bonds. The van der Waals surface area contributed by atoms with E-state index in [9.17, 15) is 9.18 Å². The van der Waals surface area contributed by atoms with E-state index in [1.165, 1.54) is 20.4 Å². The van der Waals surface area contributed by atoms with Crippen molar-refractivity contribution in [1.29, 1.82) is 0 Å². The van der Waals surface area contributed by atoms with Gasteiger partial charge in [0.2, 0.25) is 5.88 Å². The van der Waals surface area contributed by atoms with Crippen molar-refractivity contribution >= 4 is 5.97 Å². The van der Waals surface area contributed by atoms with Crippen LogP contribution >= 0.6 is 0 Å². The van der Waals surface area contributed by atoms with Crippen LogP contribution in [0, 0.1) is 17.7 Å². The SMILES string of the molecule is CCN(CC)Cc1cc(C2CCc3ccc([C@H](C4CC4)[C@H](C)C(=O)OC)cc3O2)ncc1-c1cc(OC)ncc1F. The molecule has 1 fully saturated rings. The van der Waals surface area contributed by atoms with E-state index in [0.29, 0.717) is 23.9 Å². The van der Waals surface area contributed by atoms with E-state index in [4.69, 9.17) is 19.2 Å². The monoisotopic (exact) mass is 561 g/mol. The molecule has 2 aliphatic rings. The van der Waals surface area contributed by atoms with Gasteiger partial charge in [-0.05, 0) is 79.4 Å². The van der Waals surface area contributed by atoms with E-state index in [0.717, 1.165) is 72.5 Å². The van der Waals surface area contributed by atoms with E-state index in [-0.39, 0.29) is 23.9 Å². The first-order valence-corrected chi connectivity index (χ1v) is 14.6. The molecular weight excluding hydrogens is 521 g/mol. The highest BCUT2D eigenvalue weighted by atomic mass is 19.1. The Bertz CT molecular complexity index is 1390. The number of esters is 1. The fourth-order valence-corrected chi connectivity index (χ4v) is 6.05. The highest BCUT2D eigenvalue weighted by molar-refractivity contribution is 5.73. The van der Waals surface area contributed by atoms with Gasteiger partial charge in [-0.2, -0.15) is 0 Å². The molecule has 1 saturated carbocycles. The van der Waals surface area contributed by atoms with Crippen LogP contribution in [0.3, 0.4) is 0 Å². The first-order valence-electron chi connectivity index (χ1n) is 14.6. The Morgan fingerprint density at radius 1 is 1.07 bits per heavy atom. The number of carbonyl (C=O) groups excluding carboxylic acids is 1. The Kier molecular flexibility index (Phi) is 8.88. The summed E-state index contributed by atoms with van der Waals surface area (Å²) in [5.74, 6) is 1.01. The Morgan fingerprint density at radius 2 is 1.85 bits per heavy atom. The van der Waals surface area contributed by atoms with Gasteiger partial charge >= 0.3 is 5.97 Å². The van der Waals surface area contributed by atoms with E-state index in [1.807, 2.05) is 6.92 Å². The second kappa shape index (κ2) is 12.6. The Morgan fingerprint density at radius 3 is 2.54 bits per heavy atom. The molecule has 2 aromatic heterocycles. The van der Waals surface area contributed by atoms with Crippen molar-refractivity contribution in [3.05, 3.63) is 70.9 Å². The van der Waals surface area contributed by atoms with Crippen molar-refractivity contribution in [3.63, 3.8) is 0 Å². The Balaban J connectivity index is 1.47. The summed E-state index contributed by atoms with van der Waals surface area (Å²) in [6.45, 7) is 8.61. The molecule has 0 spiro atoms. The second-order valence-corrected chi connectivity index (χ2v) is 11.1. The normalized spacial score (nSPS) is 17.9. The average Bonchev–Trinajstić information content (AvgIpc) is 3.84. The summed E-state index contributed by atoms with van der Waals surface area (Å²) in [4.78, 5) is 23.5. The third-order valence-electron chi connectivity index (χ3n) is 8.62. The minimum atomic E-state index is -0.414. The summed E-state index contributed by atoms with van der Waals surface area (Å²) < 4.78 is 31.9. The number of rotatable bonds is 11. The van der Waals surface area contributed by atoms with Gasteiger partial charge in [-0.25, -0.2) is 9.37 Å². The number of hydrogen-bond acceptors (Lipinski definition) is 7. The molecule has 3 heterocycles. The molecule has 1 unspecified atom stereocenters. The van der Waals surface area contributed by atoms with E-state index in [2.05, 4.69) is 48.0 Å². The topological polar surface area (TPSA) is 73.8 Å². The van der Waals surface area contributed by atoms with Crippen LogP contribution in [0.1, 0.15) is 74.4 Å². The summed E-state index contributed by atoms with van der Waals surface area (Å²) in [5.41, 5.74) is 5.24. The molecule has 1 aliphatic carbocycles. The number of fused-ring (bicyclic) bond motifs is 1. The summed E-state index contributed by atoms with van der Waals surface area (Å²) in [7, 11) is 2.98. The molecule has 1 aliphatic heterocycles. The van der Waals surface area contributed by atoms with Crippen LogP contribution in [0.25, 0.3) is 11.1 Å². The molecule has 41 heavy (non-hydrogen) atoms. The van der Waals surface area contributed by atoms with Crippen molar-refractivity contribution < 1.29 is 23.4 Å². The highest BCUT2D eigenvalue weighted by Crippen LogP contribution is 2.48. The number of pyridine rings is 2. The van der Waals surface area contributed by atoms with Gasteiger partial charge in [0, 0.05) is 29.9 Å². The maximum atomic E-state index is 15.0. The summed E-state index contributed by atoms with van der Waals surface area (Å²) in [5, 5.41) is 0. The number of aryl methyl sites for hydroxylation is 1. The van der Waals surface area contributed by atoms with Crippen LogP contribution < -0.4 is 9.47 Å². The van der Waals surface area contributed by atoms with Crippen molar-refractivity contribution in [2.45, 2.75) is 65.0 Å². The van der Waals surface area contributed by atoms with Crippen molar-refractivity contribution in [3.8, 4) is 22.8 Å². The zero-order valence-corrected chi connectivity index (χ0v) is 24.7. The molecule has 218 valence electrons. The van der Waals surface area contributed by atoms with Crippen molar-refractivity contribution in [2.75, 3.05) is 27.3 Å². The maximum Gasteiger partial charge on any atom is 0.309 e. The fourth-order valence-electron chi connectivity index (χ4n) is 6.05. The number of halogens is 1. The quantitative estimate of drug-likeness (QED) is 0.247. The molecule has 1 aromatic carbocycles. The molecule has 7 nitrogen and oxygen atoms in total. The standard InChI is InChI=1S/C33H40FN3O4/c1-6-37(7-2)19-24-14-28(35-17-26(24)25-16-31(39-4)36-18-27(25)34)29-13-12-21-8-11-23(15-30(21)41-29)32(22-9-10-22)20(3)33(38)40-5/h8,11,14-18,20,22,29,32H,6-7,9-10,12-13,19H2,1-5H3/t20-,29?,32-/m0/s1. The predicted octanol–water partition coefficient (Wildman–Crippen LogP) is 6.50. The lowest BCUT2D eigenvalue weighted by Gasteiger charge is -2.29. The first-order chi connectivity index (χ1) is 19.9. The number of carbonyl (C=O) groups is 1. The number of aromatic nitrogens is 2. The molecule has 0 N–H and O–H groups in total. The third kappa shape index (κ3) is 6.22. The molecule has 0 bridgehead atoms. The zero-order chi connectivity index (χ0) is 29.1. The lowest BCUT2D eigenvalue weighted by atomic mass is 9.82. The van der Waals surface area contributed by atoms with Gasteiger partial charge in [-0.15, -0.1) is 0 Å². The first kappa shape index (κ1) is 29.0. The number of benzene rings is 1. The largest absolute Gasteiger partial charge is 0.484 e. The molecule has 0 saturated heterocycles. The smallest absolute Gasteiger partial charge is 0.309 e. The minimum Gasteiger partial charge on any atom is -0.484 e. The molecular formula is C33H40FN3O4. The number of nitrogens with zero attached hydrogens (tertiary/aromatic N) is 3. The van der Waals surface area contributed by atoms with E-state index >= 15 is 0 Å². The Labute approximate surface area is 242 Å². The fraction of sp³-hybridized carbons (Fsp3) is 0.485. The van der Waals surface area contributed by atoms with Gasteiger partial charge in [0.05, 0.1) is 32.0 Å². The maximum absolute atomic E-state index is 15.0. The number of hydrogen-bond donors (Lipinski definition) is 0. The average molecular weight is 562 g/mol. The summed E-state index contributed by atoms with van der Waals surface area (Å²) in [6.07, 6.45) is 6.64. The van der Waals surface area contributed by atoms with Gasteiger partial charge in [-0.3, -0.25) is 14.7 Å². The van der Waals surface area contributed by atoms with Gasteiger partial charge in [0.15, 0.2) is 0 Å². The Hall–Kier alpha value is -3.52. The molecule has 3 atom stereocenters. The van der Waals surface area contributed by atoms with E-state index in [1.54, 1.807) is 12.3 Å². The van der Waals surface area contributed by atoms with Gasteiger partial charge in [0.25, 0.3) is 0 Å². The molecule has 0 radical (unpaired) electrons. The van der Waals surface area contributed by atoms with Crippen LogP contribution in [0.5, 0.6) is 11.6 Å². The molecule has 5 rings (SSSR count). The van der Waals surface area contributed by atoms with Crippen molar-refractivity contribution in [1.82, 2.24) is 14.9 Å². The zero-order valence-electron chi connectivity index (χ0n) is 24.7. The van der Waals surface area contributed by atoms with Gasteiger partial charge < -0.3 is 14.2 Å². The van der Waals surface area contributed by atoms with Gasteiger partial charge in [0.1, 0.15) is 17.7 Å². The molecule has 8 heteroatoms. The third-order valence-corrected chi connectivity index (χ3v) is 8.62.